The molecule has 6 aliphatic heterocycles. The number of halogens is 4. The zero-order valence-corrected chi connectivity index (χ0v) is 72.9. The van der Waals surface area contributed by atoms with Crippen molar-refractivity contribution in [3.8, 4) is 0 Å². The molecule has 2 atom stereocenters. The van der Waals surface area contributed by atoms with Crippen LogP contribution in [0.1, 0.15) is 174 Å². The number of amides is 9. The summed E-state index contributed by atoms with van der Waals surface area (Å²) in [5.41, 5.74) is 10.3. The number of aldehydes is 2. The number of carbonyl (C=O) groups is 12. The number of carboxylic acids is 1. The summed E-state index contributed by atoms with van der Waals surface area (Å²) in [7, 11) is 0. The number of piperazine rings is 2. The van der Waals surface area contributed by atoms with E-state index in [1.165, 1.54) is 42.5 Å². The van der Waals surface area contributed by atoms with Crippen molar-refractivity contribution in [1.82, 2.24) is 51.9 Å². The minimum Gasteiger partial charge on any atom is -0.481 e. The van der Waals surface area contributed by atoms with E-state index in [1.54, 1.807) is 24.3 Å². The summed E-state index contributed by atoms with van der Waals surface area (Å²) in [4.78, 5) is 153. The Hall–Kier alpha value is -14.5. The van der Waals surface area contributed by atoms with Gasteiger partial charge in [-0.1, -0.05) is 12.1 Å². The van der Waals surface area contributed by atoms with E-state index >= 15 is 0 Å². The maximum atomic E-state index is 14.0. The molecular formula is C96H104F4N18O15. The molecule has 8 heterocycles. The zero-order chi connectivity index (χ0) is 93.4. The van der Waals surface area contributed by atoms with Gasteiger partial charge in [-0.25, -0.2) is 17.6 Å². The summed E-state index contributed by atoms with van der Waals surface area (Å²) in [5, 5.41) is 57.0. The number of aliphatic carboxylic acids is 1. The Morgan fingerprint density at radius 1 is 0.451 bits per heavy atom. The van der Waals surface area contributed by atoms with Gasteiger partial charge in [-0.2, -0.15) is 10.2 Å². The molecule has 10 aromatic rings. The van der Waals surface area contributed by atoms with E-state index in [9.17, 15) is 75.1 Å². The molecule has 37 heteroatoms. The SMILES string of the molecule is O=C(Nc1n[nH]c2ccc(Cc3cc(F)cc(F)c3)cc12)c1ccc(N2CCNCC2)cc1NC1CCOCC1.O=Cc1ccc(NCCCCC(=O)N2CCN(c3ccc(C(=O)Nc4n[nH]c5ccc(Cc6cc(F)cc(F)c6)cc45)c(NC4CCOCC4)c3)CC2)cc1C(=O)NC1CCC(=O)NC1=O.O=Cc1ccc(NCCCCC(=O)O)cc1C(=O)NC1CCC(=O)NC1=O. The van der Waals surface area contributed by atoms with Gasteiger partial charge in [-0.3, -0.25) is 78.4 Å². The van der Waals surface area contributed by atoms with Crippen molar-refractivity contribution in [2.75, 3.05) is 134 Å². The molecule has 2 aromatic heterocycles. The number of hydrogen-bond acceptors (Lipinski definition) is 23. The van der Waals surface area contributed by atoms with Gasteiger partial charge in [0, 0.05) is 198 Å². The van der Waals surface area contributed by atoms with Crippen LogP contribution in [-0.2, 0) is 51.1 Å². The highest BCUT2D eigenvalue weighted by Crippen LogP contribution is 2.34. The molecule has 6 saturated heterocycles. The molecule has 33 nitrogen and oxygen atoms in total. The minimum absolute atomic E-state index is 0.0622. The summed E-state index contributed by atoms with van der Waals surface area (Å²) < 4.78 is 66.3. The molecule has 0 spiro atoms. The van der Waals surface area contributed by atoms with E-state index in [2.05, 4.69) is 94.7 Å². The Morgan fingerprint density at radius 3 is 1.30 bits per heavy atom. The van der Waals surface area contributed by atoms with Crippen LogP contribution in [-0.4, -0.2) is 218 Å². The summed E-state index contributed by atoms with van der Waals surface area (Å²) >= 11 is 0. The predicted octanol–water partition coefficient (Wildman–Crippen LogP) is 10.9. The summed E-state index contributed by atoms with van der Waals surface area (Å²) in [6, 6.07) is 37.7. The minimum atomic E-state index is -0.873. The van der Waals surface area contributed by atoms with Gasteiger partial charge in [0.05, 0.1) is 33.3 Å². The molecule has 0 radical (unpaired) electrons. The third-order valence-electron chi connectivity index (χ3n) is 23.7. The van der Waals surface area contributed by atoms with Crippen molar-refractivity contribution in [2.24, 2.45) is 0 Å². The highest BCUT2D eigenvalue weighted by molar-refractivity contribution is 6.13. The van der Waals surface area contributed by atoms with Crippen LogP contribution >= 0.6 is 0 Å². The number of carbonyl (C=O) groups excluding carboxylic acids is 11. The number of benzene rings is 8. The Kier molecular flexibility index (Phi) is 32.3. The second-order valence-electron chi connectivity index (χ2n) is 33.3. The maximum absolute atomic E-state index is 14.0. The molecule has 0 saturated carbocycles. The van der Waals surface area contributed by atoms with Gasteiger partial charge in [0.15, 0.2) is 24.2 Å². The average molecular weight is 1830 g/mol. The Labute approximate surface area is 762 Å². The smallest absolute Gasteiger partial charge is 0.303 e. The lowest BCUT2D eigenvalue weighted by Crippen LogP contribution is -2.52. The van der Waals surface area contributed by atoms with Gasteiger partial charge >= 0.3 is 5.97 Å². The molecule has 133 heavy (non-hydrogen) atoms. The molecule has 14 N–H and O–H groups in total. The van der Waals surface area contributed by atoms with Crippen LogP contribution in [0.15, 0.2) is 146 Å². The molecule has 9 amide bonds. The van der Waals surface area contributed by atoms with Crippen molar-refractivity contribution >= 4 is 139 Å². The van der Waals surface area contributed by atoms with E-state index < -0.39 is 70.9 Å². The number of ether oxygens (including phenoxy) is 2. The molecule has 696 valence electrons. The number of carboxylic acid groups (broad SMARTS) is 1. The quantitative estimate of drug-likeness (QED) is 0.00806. The predicted molar refractivity (Wildman–Crippen MR) is 491 cm³/mol. The number of aromatic amines is 2. The Balaban J connectivity index is 0.000000179. The fraction of sp³-hybridized carbons (Fsp3) is 0.354. The van der Waals surface area contributed by atoms with Crippen LogP contribution in [0.5, 0.6) is 0 Å². The summed E-state index contributed by atoms with van der Waals surface area (Å²) in [6.07, 6.45) is 8.63. The first kappa shape index (κ1) is 94.7. The molecule has 2 unspecified atom stereocenters. The molecule has 0 aliphatic carbocycles. The monoisotopic (exact) mass is 1820 g/mol. The van der Waals surface area contributed by atoms with Gasteiger partial charge in [-0.15, -0.1) is 0 Å². The van der Waals surface area contributed by atoms with Crippen LogP contribution in [0.25, 0.3) is 21.8 Å². The van der Waals surface area contributed by atoms with E-state index in [4.69, 9.17) is 14.6 Å². The lowest BCUT2D eigenvalue weighted by Gasteiger charge is -2.36. The summed E-state index contributed by atoms with van der Waals surface area (Å²) in [6.45, 7) is 9.61. The number of fused-ring (bicyclic) bond motifs is 2. The third kappa shape index (κ3) is 26.0. The molecule has 0 bridgehead atoms. The number of hydrogen-bond donors (Lipinski definition) is 14. The van der Waals surface area contributed by atoms with Gasteiger partial charge in [-0.05, 0) is 221 Å². The van der Waals surface area contributed by atoms with Crippen LogP contribution in [0, 0.1) is 23.3 Å². The number of anilines is 8. The first-order valence-corrected chi connectivity index (χ1v) is 44.5. The molecule has 16 rings (SSSR count). The number of H-pyrrole nitrogens is 2. The first-order valence-electron chi connectivity index (χ1n) is 44.5. The molecule has 6 fully saturated rings. The fourth-order valence-electron chi connectivity index (χ4n) is 16.6. The van der Waals surface area contributed by atoms with Crippen LogP contribution in [0.2, 0.25) is 0 Å². The zero-order valence-electron chi connectivity index (χ0n) is 72.9. The highest BCUT2D eigenvalue weighted by atomic mass is 19.1. The maximum Gasteiger partial charge on any atom is 0.303 e. The van der Waals surface area contributed by atoms with E-state index in [0.717, 1.165) is 103 Å². The highest BCUT2D eigenvalue weighted by Gasteiger charge is 2.33. The number of aromatic nitrogens is 4. The summed E-state index contributed by atoms with van der Waals surface area (Å²) in [5.74, 6) is -6.31. The van der Waals surface area contributed by atoms with Crippen molar-refractivity contribution in [3.63, 3.8) is 0 Å². The van der Waals surface area contributed by atoms with Crippen molar-refractivity contribution in [2.45, 2.75) is 127 Å². The number of rotatable bonds is 32. The standard InChI is InChI=1S/C48H51F2N9O7.C30H32F2N6O2.C18H21N3O6/c49-32-22-30(23-33(50)25-32)21-29-4-9-40-39(24-29)45(57-56-40)55-46(63)37-8-7-36(27-42(37)52-34-12-19-66-20-13-34)58-15-17-59(18-16-58)44(62)3-1-2-14-51-35-6-5-31(28-60)38(26-35)47(64)53-41-10-11-43(61)54-48(41)65;31-21-14-20(15-22(32)17-21)13-19-1-4-27-26(16-19)29(37-36-27)35-30(39)25-3-2-24(38-9-7-33-8-10-38)18-28(25)34-23-5-11-40-12-6-23;22-10-11-4-5-12(19-8-2-1-3-16(24)25)9-13(11)17(26)20-14-6-7-15(23)21-18(14)27/h4-9,22-28,34,41,51-52H,1-3,10-21H2,(H,53,64)(H,54,61,65)(H2,55,56,57,63);1-4,14-18,23,33-34H,5-13H2,(H2,35,36,37,39);4-5,9-10,14,19H,1-3,6-8H2,(H,20,26)(H,24,25)(H,21,23,27). The van der Waals surface area contributed by atoms with Crippen LogP contribution < -0.4 is 68.3 Å². The number of imide groups is 2. The molecule has 6 aliphatic rings. The fourth-order valence-corrected chi connectivity index (χ4v) is 16.6. The first-order chi connectivity index (χ1) is 64.4. The second-order valence-corrected chi connectivity index (χ2v) is 33.3. The topological polar surface area (TPSA) is 443 Å². The Bertz CT molecular complexity index is 5930. The van der Waals surface area contributed by atoms with Gasteiger partial charge in [0.2, 0.25) is 29.5 Å². The Morgan fingerprint density at radius 2 is 0.880 bits per heavy atom. The lowest BCUT2D eigenvalue weighted by atomic mass is 10.0. The lowest BCUT2D eigenvalue weighted by molar-refractivity contribution is -0.137. The van der Waals surface area contributed by atoms with Crippen LogP contribution in [0.3, 0.4) is 0 Å². The third-order valence-corrected chi connectivity index (χ3v) is 23.7. The number of nitrogens with one attached hydrogen (secondary N) is 13. The normalized spacial score (nSPS) is 16.5. The van der Waals surface area contributed by atoms with E-state index in [0.29, 0.717) is 179 Å². The van der Waals surface area contributed by atoms with Crippen molar-refractivity contribution in [1.29, 1.82) is 0 Å². The molecular weight excluding hydrogens is 1720 g/mol. The van der Waals surface area contributed by atoms with E-state index in [-0.39, 0.29) is 96.5 Å². The molecule has 8 aromatic carbocycles. The number of unbranched alkanes of at least 4 members (excludes halogenated alkanes) is 2. The van der Waals surface area contributed by atoms with Gasteiger partial charge < -0.3 is 77.1 Å². The average Bonchev–Trinajstić information content (AvgIpc) is 1.69. The number of piperidine rings is 2. The van der Waals surface area contributed by atoms with Gasteiger partial charge in [0.25, 0.3) is 23.6 Å². The van der Waals surface area contributed by atoms with Crippen molar-refractivity contribution < 1.29 is 89.7 Å². The largest absolute Gasteiger partial charge is 0.481 e. The second kappa shape index (κ2) is 45.4. The van der Waals surface area contributed by atoms with Gasteiger partial charge in [0.1, 0.15) is 35.4 Å². The van der Waals surface area contributed by atoms with E-state index in [1.807, 2.05) is 65.6 Å². The van der Waals surface area contributed by atoms with Crippen LogP contribution in [0.4, 0.5) is 63.3 Å². The number of nitrogens with zero attached hydrogens (tertiary/aromatic N) is 5. The van der Waals surface area contributed by atoms with Crippen molar-refractivity contribution in [3.05, 3.63) is 224 Å².